The van der Waals surface area contributed by atoms with Gasteiger partial charge in [0, 0.05) is 38.4 Å². The van der Waals surface area contributed by atoms with Gasteiger partial charge in [-0.2, -0.15) is 0 Å². The van der Waals surface area contributed by atoms with Gasteiger partial charge in [0.05, 0.1) is 11.6 Å². The quantitative estimate of drug-likeness (QED) is 0.858. The number of amides is 1. The van der Waals surface area contributed by atoms with Crippen molar-refractivity contribution in [3.63, 3.8) is 0 Å². The summed E-state index contributed by atoms with van der Waals surface area (Å²) in [5.41, 5.74) is 0. The summed E-state index contributed by atoms with van der Waals surface area (Å²) < 4.78 is 0. The molecule has 3 aliphatic rings. The first kappa shape index (κ1) is 18.1. The van der Waals surface area contributed by atoms with E-state index in [1.165, 1.54) is 25.7 Å². The zero-order chi connectivity index (χ0) is 18.1. The highest BCUT2D eigenvalue weighted by molar-refractivity contribution is 6.30. The summed E-state index contributed by atoms with van der Waals surface area (Å²) in [5, 5.41) is 3.94. The van der Waals surface area contributed by atoms with Crippen molar-refractivity contribution < 1.29 is 4.79 Å². The third kappa shape index (κ3) is 3.99. The fourth-order valence-corrected chi connectivity index (χ4v) is 5.32. The molecule has 142 valence electrons. The van der Waals surface area contributed by atoms with Crippen LogP contribution in [0.3, 0.4) is 0 Å². The van der Waals surface area contributed by atoms with Crippen molar-refractivity contribution in [2.75, 3.05) is 37.6 Å². The van der Waals surface area contributed by atoms with Crippen LogP contribution in [0.2, 0.25) is 5.02 Å². The maximum Gasteiger partial charge on any atom is 0.234 e. The average molecular weight is 377 g/mol. The molecule has 1 aromatic rings. The Morgan fingerprint density at radius 3 is 2.69 bits per heavy atom. The number of anilines is 1. The Labute approximate surface area is 161 Å². The maximum atomic E-state index is 12.5. The van der Waals surface area contributed by atoms with Crippen LogP contribution < -0.4 is 10.2 Å². The Hall–Kier alpha value is -1.33. The van der Waals surface area contributed by atoms with Crippen molar-refractivity contribution >= 4 is 23.3 Å². The number of nitrogens with one attached hydrogen (secondary N) is 1. The van der Waals surface area contributed by atoms with Crippen LogP contribution in [0.4, 0.5) is 5.82 Å². The first-order chi connectivity index (χ1) is 12.6. The second-order valence-electron chi connectivity index (χ2n) is 8.29. The highest BCUT2D eigenvalue weighted by Crippen LogP contribution is 2.49. The number of halogens is 1. The smallest absolute Gasteiger partial charge is 0.234 e. The Balaban J connectivity index is 1.21. The molecule has 2 aliphatic carbocycles. The largest absolute Gasteiger partial charge is 0.354 e. The highest BCUT2D eigenvalue weighted by atomic mass is 35.5. The van der Waals surface area contributed by atoms with Crippen molar-refractivity contribution in [3.8, 4) is 0 Å². The lowest BCUT2D eigenvalue weighted by atomic mass is 9.84. The molecule has 2 saturated carbocycles. The molecule has 1 saturated heterocycles. The van der Waals surface area contributed by atoms with Crippen LogP contribution in [0.15, 0.2) is 18.3 Å². The molecule has 0 aromatic carbocycles. The van der Waals surface area contributed by atoms with E-state index >= 15 is 0 Å². The molecule has 0 radical (unpaired) electrons. The fourth-order valence-electron chi connectivity index (χ4n) is 5.21. The molecule has 2 heterocycles. The van der Waals surface area contributed by atoms with E-state index in [2.05, 4.69) is 27.0 Å². The molecule has 5 nitrogen and oxygen atoms in total. The van der Waals surface area contributed by atoms with Crippen LogP contribution in [0.5, 0.6) is 0 Å². The number of aromatic nitrogens is 1. The van der Waals surface area contributed by atoms with Gasteiger partial charge in [-0.15, -0.1) is 0 Å². The van der Waals surface area contributed by atoms with E-state index in [1.54, 1.807) is 6.20 Å². The summed E-state index contributed by atoms with van der Waals surface area (Å²) >= 11 is 5.91. The molecule has 1 aromatic heterocycles. The van der Waals surface area contributed by atoms with E-state index in [1.807, 2.05) is 12.1 Å². The summed E-state index contributed by atoms with van der Waals surface area (Å²) in [5.74, 6) is 3.62. The molecule has 6 heteroatoms. The van der Waals surface area contributed by atoms with Crippen molar-refractivity contribution in [2.24, 2.45) is 17.8 Å². The summed E-state index contributed by atoms with van der Waals surface area (Å²) in [6.07, 6.45) is 7.18. The molecule has 1 amide bonds. The number of fused-ring (bicyclic) bond motifs is 2. The zero-order valence-corrected chi connectivity index (χ0v) is 16.3. The number of carbonyl (C=O) groups is 1. The second-order valence-corrected chi connectivity index (χ2v) is 8.73. The number of pyridine rings is 1. The lowest BCUT2D eigenvalue weighted by molar-refractivity contribution is -0.123. The first-order valence-corrected chi connectivity index (χ1v) is 10.3. The van der Waals surface area contributed by atoms with Crippen LogP contribution in [0.25, 0.3) is 0 Å². The first-order valence-electron chi connectivity index (χ1n) is 9.96. The van der Waals surface area contributed by atoms with E-state index in [4.69, 9.17) is 11.6 Å². The highest BCUT2D eigenvalue weighted by Gasteiger charge is 2.42. The minimum Gasteiger partial charge on any atom is -0.354 e. The lowest BCUT2D eigenvalue weighted by Crippen LogP contribution is -2.51. The van der Waals surface area contributed by atoms with Crippen molar-refractivity contribution in [1.82, 2.24) is 15.2 Å². The molecule has 0 spiro atoms. The van der Waals surface area contributed by atoms with Crippen LogP contribution in [-0.2, 0) is 4.79 Å². The van der Waals surface area contributed by atoms with Crippen LogP contribution in [-0.4, -0.2) is 54.6 Å². The van der Waals surface area contributed by atoms with Gasteiger partial charge in [-0.05, 0) is 56.1 Å². The van der Waals surface area contributed by atoms with Crippen molar-refractivity contribution in [2.45, 2.75) is 38.6 Å². The number of hydrogen-bond donors (Lipinski definition) is 1. The third-order valence-corrected chi connectivity index (χ3v) is 6.82. The van der Waals surface area contributed by atoms with E-state index in [9.17, 15) is 4.79 Å². The topological polar surface area (TPSA) is 48.5 Å². The monoisotopic (exact) mass is 376 g/mol. The van der Waals surface area contributed by atoms with Gasteiger partial charge in [-0.1, -0.05) is 18.0 Å². The molecule has 4 atom stereocenters. The Bertz CT molecular complexity index is 629. The van der Waals surface area contributed by atoms with Crippen molar-refractivity contribution in [1.29, 1.82) is 0 Å². The zero-order valence-electron chi connectivity index (χ0n) is 15.5. The molecule has 1 aliphatic heterocycles. The Kier molecular flexibility index (Phi) is 5.37. The molecule has 1 N–H and O–H groups in total. The summed E-state index contributed by atoms with van der Waals surface area (Å²) in [7, 11) is 0. The normalized spacial score (nSPS) is 29.8. The number of carbonyl (C=O) groups excluding carboxylic acids is 1. The van der Waals surface area contributed by atoms with Gasteiger partial charge in [0.15, 0.2) is 0 Å². The van der Waals surface area contributed by atoms with Crippen molar-refractivity contribution in [3.05, 3.63) is 23.4 Å². The Morgan fingerprint density at radius 1 is 1.27 bits per heavy atom. The molecule has 3 fully saturated rings. The van der Waals surface area contributed by atoms with E-state index in [-0.39, 0.29) is 5.91 Å². The predicted molar refractivity (Wildman–Crippen MR) is 104 cm³/mol. The van der Waals surface area contributed by atoms with Gasteiger partial charge in [0.25, 0.3) is 0 Å². The minimum atomic E-state index is 0.179. The summed E-state index contributed by atoms with van der Waals surface area (Å²) in [6, 6.07) is 4.15. The SMILES string of the molecule is C[C@H](NC(=O)CN1CCN(c2ccc(Cl)cn2)CC1)[C@H]1C[C@H]2CC[C@H]1C2. The van der Waals surface area contributed by atoms with Gasteiger partial charge >= 0.3 is 0 Å². The molecule has 26 heavy (non-hydrogen) atoms. The number of rotatable bonds is 5. The third-order valence-electron chi connectivity index (χ3n) is 6.60. The molecule has 2 bridgehead atoms. The van der Waals surface area contributed by atoms with Gasteiger partial charge in [0.1, 0.15) is 5.82 Å². The van der Waals surface area contributed by atoms with Crippen LogP contribution in [0, 0.1) is 17.8 Å². The van der Waals surface area contributed by atoms with Crippen LogP contribution >= 0.6 is 11.6 Å². The average Bonchev–Trinajstić information content (AvgIpc) is 3.26. The number of nitrogens with zero attached hydrogens (tertiary/aromatic N) is 3. The Morgan fingerprint density at radius 2 is 2.08 bits per heavy atom. The predicted octanol–water partition coefficient (Wildman–Crippen LogP) is 2.80. The minimum absolute atomic E-state index is 0.179. The molecule has 4 rings (SSSR count). The van der Waals surface area contributed by atoms with Gasteiger partial charge in [-0.3, -0.25) is 9.69 Å². The van der Waals surface area contributed by atoms with E-state index in [0.29, 0.717) is 23.5 Å². The summed E-state index contributed by atoms with van der Waals surface area (Å²) in [4.78, 5) is 21.4. The fraction of sp³-hybridized carbons (Fsp3) is 0.700. The van der Waals surface area contributed by atoms with E-state index < -0.39 is 0 Å². The van der Waals surface area contributed by atoms with Gasteiger partial charge in [0.2, 0.25) is 5.91 Å². The van der Waals surface area contributed by atoms with Gasteiger partial charge in [-0.25, -0.2) is 4.98 Å². The van der Waals surface area contributed by atoms with Gasteiger partial charge < -0.3 is 10.2 Å². The van der Waals surface area contributed by atoms with E-state index in [0.717, 1.165) is 43.8 Å². The standard InChI is InChI=1S/C20H29ClN4O/c1-14(18-11-15-2-3-16(18)10-15)23-20(26)13-24-6-8-25(9-7-24)19-5-4-17(21)12-22-19/h4-5,12,14-16,18H,2-3,6-11,13H2,1H3,(H,23,26)/t14-,15-,16-,18+/m0/s1. The second kappa shape index (κ2) is 7.73. The number of piperazine rings is 1. The summed E-state index contributed by atoms with van der Waals surface area (Å²) in [6.45, 7) is 6.27. The number of hydrogen-bond acceptors (Lipinski definition) is 4. The molecular weight excluding hydrogens is 348 g/mol. The lowest BCUT2D eigenvalue weighted by Gasteiger charge is -2.35. The molecular formula is C20H29ClN4O. The molecule has 0 unspecified atom stereocenters. The maximum absolute atomic E-state index is 12.5. The van der Waals surface area contributed by atoms with Crippen LogP contribution in [0.1, 0.15) is 32.6 Å².